The molecule has 3 rings (SSSR count). The molecule has 1 amide bonds. The Morgan fingerprint density at radius 1 is 1.12 bits per heavy atom. The number of para-hydroxylation sites is 1. The van der Waals surface area contributed by atoms with Crippen LogP contribution in [0.2, 0.25) is 0 Å². The van der Waals surface area contributed by atoms with Crippen molar-refractivity contribution in [2.45, 2.75) is 4.90 Å². The van der Waals surface area contributed by atoms with Crippen molar-refractivity contribution in [1.29, 1.82) is 0 Å². The largest absolute Gasteiger partial charge is 0.497 e. The second-order valence-electron chi connectivity index (χ2n) is 5.28. The summed E-state index contributed by atoms with van der Waals surface area (Å²) in [7, 11) is 2.87. The molecule has 0 radical (unpaired) electrons. The molecule has 128 valence electrons. The van der Waals surface area contributed by atoms with Gasteiger partial charge < -0.3 is 9.47 Å². The number of hydrogen-bond acceptors (Lipinski definition) is 5. The smallest absolute Gasteiger partial charge is 0.332 e. The van der Waals surface area contributed by atoms with E-state index in [0.29, 0.717) is 22.6 Å². The van der Waals surface area contributed by atoms with E-state index in [2.05, 4.69) is 0 Å². The predicted octanol–water partition coefficient (Wildman–Crippen LogP) is 3.59. The molecule has 1 aliphatic heterocycles. The summed E-state index contributed by atoms with van der Waals surface area (Å²) >= 11 is 1.54. The molecule has 0 aromatic heterocycles. The van der Waals surface area contributed by atoms with Crippen LogP contribution in [0.1, 0.15) is 15.9 Å². The predicted molar refractivity (Wildman–Crippen MR) is 98.0 cm³/mol. The molecule has 2 aromatic rings. The fraction of sp³-hybridized carbons (Fsp3) is 0.158. The molecule has 0 saturated carbocycles. The number of ether oxygens (including phenoxy) is 2. The molecule has 0 fully saturated rings. The van der Waals surface area contributed by atoms with E-state index in [9.17, 15) is 9.59 Å². The van der Waals surface area contributed by atoms with E-state index in [1.54, 1.807) is 30.2 Å². The standard InChI is InChI=1S/C19H17NO4S/c1-23-12-8-9-13-14(10-12)16(11-18(21)24-2)20(19(13)22)15-6-4-5-7-17(15)25-3/h4-11H,1-3H3/b16-11+. The highest BCUT2D eigenvalue weighted by molar-refractivity contribution is 7.98. The fourth-order valence-corrected chi connectivity index (χ4v) is 3.35. The first-order chi connectivity index (χ1) is 12.1. The van der Waals surface area contributed by atoms with Gasteiger partial charge in [0.05, 0.1) is 25.6 Å². The molecule has 25 heavy (non-hydrogen) atoms. The maximum Gasteiger partial charge on any atom is 0.332 e. The van der Waals surface area contributed by atoms with E-state index in [0.717, 1.165) is 10.6 Å². The van der Waals surface area contributed by atoms with Gasteiger partial charge in [0.15, 0.2) is 0 Å². The molecular weight excluding hydrogens is 338 g/mol. The molecule has 0 atom stereocenters. The first kappa shape index (κ1) is 17.1. The van der Waals surface area contributed by atoms with E-state index in [-0.39, 0.29) is 5.91 Å². The Morgan fingerprint density at radius 2 is 1.88 bits per heavy atom. The first-order valence-electron chi connectivity index (χ1n) is 7.56. The van der Waals surface area contributed by atoms with Crippen LogP contribution in [0, 0.1) is 0 Å². The van der Waals surface area contributed by atoms with Gasteiger partial charge in [-0.1, -0.05) is 12.1 Å². The van der Waals surface area contributed by atoms with Gasteiger partial charge in [0.1, 0.15) is 5.75 Å². The zero-order chi connectivity index (χ0) is 18.0. The summed E-state index contributed by atoms with van der Waals surface area (Å²) in [5.74, 6) is -0.0956. The molecule has 0 spiro atoms. The quantitative estimate of drug-likeness (QED) is 0.477. The van der Waals surface area contributed by atoms with Crippen LogP contribution in [-0.2, 0) is 9.53 Å². The Hall–Kier alpha value is -2.73. The van der Waals surface area contributed by atoms with Crippen LogP contribution in [-0.4, -0.2) is 32.4 Å². The van der Waals surface area contributed by atoms with Gasteiger partial charge in [0.25, 0.3) is 5.91 Å². The van der Waals surface area contributed by atoms with Crippen molar-refractivity contribution in [2.75, 3.05) is 25.4 Å². The second kappa shape index (κ2) is 7.03. The van der Waals surface area contributed by atoms with E-state index >= 15 is 0 Å². The number of anilines is 1. The number of esters is 1. The van der Waals surface area contributed by atoms with Crippen molar-refractivity contribution in [2.24, 2.45) is 0 Å². The third-order valence-corrected chi connectivity index (χ3v) is 4.74. The maximum atomic E-state index is 13.0. The average molecular weight is 355 g/mol. The minimum absolute atomic E-state index is 0.186. The number of benzene rings is 2. The van der Waals surface area contributed by atoms with Gasteiger partial charge in [-0.3, -0.25) is 9.69 Å². The number of thioether (sulfide) groups is 1. The van der Waals surface area contributed by atoms with Gasteiger partial charge in [-0.25, -0.2) is 4.79 Å². The van der Waals surface area contributed by atoms with E-state index in [4.69, 9.17) is 9.47 Å². The number of fused-ring (bicyclic) bond motifs is 1. The normalized spacial score (nSPS) is 14.6. The van der Waals surface area contributed by atoms with Gasteiger partial charge in [0.2, 0.25) is 0 Å². The Bertz CT molecular complexity index is 875. The molecule has 2 aromatic carbocycles. The van der Waals surface area contributed by atoms with Gasteiger partial charge in [-0.15, -0.1) is 11.8 Å². The van der Waals surface area contributed by atoms with E-state index in [1.807, 2.05) is 30.5 Å². The number of carbonyl (C=O) groups excluding carboxylic acids is 2. The number of rotatable bonds is 4. The van der Waals surface area contributed by atoms with Crippen molar-refractivity contribution >= 4 is 35.0 Å². The molecule has 0 bridgehead atoms. The summed E-state index contributed by atoms with van der Waals surface area (Å²) in [6.07, 6.45) is 3.28. The third kappa shape index (κ3) is 3.00. The number of hydrogen-bond donors (Lipinski definition) is 0. The number of amides is 1. The number of nitrogens with zero attached hydrogens (tertiary/aromatic N) is 1. The lowest BCUT2D eigenvalue weighted by molar-refractivity contribution is -0.134. The zero-order valence-electron chi connectivity index (χ0n) is 14.1. The molecule has 6 heteroatoms. The van der Waals surface area contributed by atoms with E-state index < -0.39 is 5.97 Å². The number of methoxy groups -OCH3 is 2. The molecular formula is C19H17NO4S. The summed E-state index contributed by atoms with van der Waals surface area (Å²) < 4.78 is 10.0. The summed E-state index contributed by atoms with van der Waals surface area (Å²) in [5.41, 5.74) is 2.37. The van der Waals surface area contributed by atoms with Crippen molar-refractivity contribution in [3.63, 3.8) is 0 Å². The molecule has 0 aliphatic carbocycles. The molecule has 0 N–H and O–H groups in total. The first-order valence-corrected chi connectivity index (χ1v) is 8.78. The monoisotopic (exact) mass is 355 g/mol. The third-order valence-electron chi connectivity index (χ3n) is 3.96. The molecule has 5 nitrogen and oxygen atoms in total. The van der Waals surface area contributed by atoms with Crippen molar-refractivity contribution < 1.29 is 19.1 Å². The molecule has 1 aliphatic rings. The van der Waals surface area contributed by atoms with Crippen molar-refractivity contribution in [1.82, 2.24) is 0 Å². The fourth-order valence-electron chi connectivity index (χ4n) is 2.77. The van der Waals surface area contributed by atoms with Gasteiger partial charge >= 0.3 is 5.97 Å². The SMILES string of the molecule is COC(=O)/C=C1\c2cc(OC)ccc2C(=O)N1c1ccccc1SC. The zero-order valence-corrected chi connectivity index (χ0v) is 14.9. The summed E-state index contributed by atoms with van der Waals surface area (Å²) in [5, 5.41) is 0. The number of carbonyl (C=O) groups is 2. The molecule has 0 saturated heterocycles. The maximum absolute atomic E-state index is 13.0. The highest BCUT2D eigenvalue weighted by Crippen LogP contribution is 2.41. The second-order valence-corrected chi connectivity index (χ2v) is 6.12. The Kier molecular flexibility index (Phi) is 4.81. The molecule has 0 unspecified atom stereocenters. The van der Waals surface area contributed by atoms with E-state index in [1.165, 1.54) is 24.9 Å². The summed E-state index contributed by atoms with van der Waals surface area (Å²) in [6.45, 7) is 0. The lowest BCUT2D eigenvalue weighted by atomic mass is 10.1. The van der Waals surface area contributed by atoms with Crippen LogP contribution in [0.15, 0.2) is 53.4 Å². The Balaban J connectivity index is 2.22. The lowest BCUT2D eigenvalue weighted by Gasteiger charge is -2.21. The van der Waals surface area contributed by atoms with Crippen LogP contribution in [0.4, 0.5) is 5.69 Å². The van der Waals surface area contributed by atoms with Crippen molar-refractivity contribution in [3.05, 3.63) is 59.7 Å². The lowest BCUT2D eigenvalue weighted by Crippen LogP contribution is -2.23. The molecule has 1 heterocycles. The summed E-state index contributed by atoms with van der Waals surface area (Å²) in [6, 6.07) is 12.8. The van der Waals surface area contributed by atoms with Crippen molar-refractivity contribution in [3.8, 4) is 5.75 Å². The van der Waals surface area contributed by atoms with Gasteiger partial charge in [0, 0.05) is 22.1 Å². The Labute approximate surface area is 150 Å². The highest BCUT2D eigenvalue weighted by atomic mass is 32.2. The minimum atomic E-state index is -0.523. The van der Waals surface area contributed by atoms with Crippen LogP contribution >= 0.6 is 11.8 Å². The topological polar surface area (TPSA) is 55.8 Å². The summed E-state index contributed by atoms with van der Waals surface area (Å²) in [4.78, 5) is 27.4. The van der Waals surface area contributed by atoms with Gasteiger partial charge in [-0.05, 0) is 36.6 Å². The average Bonchev–Trinajstić information content (AvgIpc) is 2.92. The van der Waals surface area contributed by atoms with Crippen LogP contribution < -0.4 is 9.64 Å². The van der Waals surface area contributed by atoms with Crippen LogP contribution in [0.5, 0.6) is 5.75 Å². The Morgan fingerprint density at radius 3 is 2.56 bits per heavy atom. The van der Waals surface area contributed by atoms with Gasteiger partial charge in [-0.2, -0.15) is 0 Å². The van der Waals surface area contributed by atoms with Crippen LogP contribution in [0.25, 0.3) is 5.70 Å². The highest BCUT2D eigenvalue weighted by Gasteiger charge is 2.35. The van der Waals surface area contributed by atoms with Crippen LogP contribution in [0.3, 0.4) is 0 Å². The minimum Gasteiger partial charge on any atom is -0.497 e.